The van der Waals surface area contributed by atoms with Gasteiger partial charge in [0.25, 0.3) is 0 Å². The number of aryl methyl sites for hydroxylation is 1. The molecule has 4 heteroatoms. The Labute approximate surface area is 122 Å². The maximum absolute atomic E-state index is 4.58. The van der Waals surface area contributed by atoms with Gasteiger partial charge in [0.15, 0.2) is 0 Å². The van der Waals surface area contributed by atoms with Gasteiger partial charge in [-0.1, -0.05) is 13.3 Å². The van der Waals surface area contributed by atoms with E-state index >= 15 is 0 Å². The van der Waals surface area contributed by atoms with Crippen LogP contribution in [-0.2, 0) is 13.6 Å². The first-order valence-electron chi connectivity index (χ1n) is 8.09. The van der Waals surface area contributed by atoms with E-state index in [0.717, 1.165) is 25.6 Å². The van der Waals surface area contributed by atoms with Crippen molar-refractivity contribution >= 4 is 0 Å². The smallest absolute Gasteiger partial charge is 0.0764 e. The molecule has 2 fully saturated rings. The van der Waals surface area contributed by atoms with Gasteiger partial charge >= 0.3 is 0 Å². The molecule has 1 aromatic heterocycles. The Morgan fingerprint density at radius 3 is 2.85 bits per heavy atom. The Balaban J connectivity index is 1.74. The Bertz CT molecular complexity index is 451. The van der Waals surface area contributed by atoms with Crippen LogP contribution in [0.3, 0.4) is 0 Å². The molecule has 2 unspecified atom stereocenters. The molecule has 1 aliphatic carbocycles. The van der Waals surface area contributed by atoms with Crippen molar-refractivity contribution in [3.05, 3.63) is 18.0 Å². The normalized spacial score (nSPS) is 31.6. The zero-order chi connectivity index (χ0) is 14.2. The van der Waals surface area contributed by atoms with Gasteiger partial charge in [-0.2, -0.15) is 5.10 Å². The lowest BCUT2D eigenvalue weighted by atomic mass is 9.88. The van der Waals surface area contributed by atoms with Crippen molar-refractivity contribution in [3.63, 3.8) is 0 Å². The highest BCUT2D eigenvalue weighted by atomic mass is 15.3. The average Bonchev–Trinajstić information content (AvgIpc) is 3.19. The third-order valence-electron chi connectivity index (χ3n) is 5.13. The molecule has 1 aliphatic heterocycles. The Morgan fingerprint density at radius 1 is 1.45 bits per heavy atom. The average molecular weight is 276 g/mol. The highest BCUT2D eigenvalue weighted by Crippen LogP contribution is 2.44. The van der Waals surface area contributed by atoms with E-state index in [1.165, 1.54) is 31.4 Å². The third-order valence-corrected chi connectivity index (χ3v) is 5.13. The van der Waals surface area contributed by atoms with Gasteiger partial charge in [-0.3, -0.25) is 9.58 Å². The minimum Gasteiger partial charge on any atom is -0.311 e. The zero-order valence-electron chi connectivity index (χ0n) is 13.1. The van der Waals surface area contributed by atoms with Gasteiger partial charge in [-0.15, -0.1) is 0 Å². The monoisotopic (exact) mass is 276 g/mol. The number of aromatic nitrogens is 2. The van der Waals surface area contributed by atoms with Crippen molar-refractivity contribution < 1.29 is 0 Å². The Kier molecular flexibility index (Phi) is 3.87. The molecule has 0 bridgehead atoms. The molecule has 0 spiro atoms. The maximum atomic E-state index is 4.58. The highest BCUT2D eigenvalue weighted by Gasteiger charge is 2.48. The standard InChI is InChI=1S/C16H28N4/c1-4-5-14-10-20(11-15-8-9-19(3)18-15)16(2,12-17-14)13-6-7-13/h8-9,13-14,17H,4-7,10-12H2,1-3H3. The Hall–Kier alpha value is -0.870. The second kappa shape index (κ2) is 5.49. The lowest BCUT2D eigenvalue weighted by molar-refractivity contribution is 0.0249. The number of piperazine rings is 1. The summed E-state index contributed by atoms with van der Waals surface area (Å²) in [6.45, 7) is 8.02. The number of hydrogen-bond acceptors (Lipinski definition) is 3. The molecule has 2 heterocycles. The maximum Gasteiger partial charge on any atom is 0.0764 e. The lowest BCUT2D eigenvalue weighted by Crippen LogP contribution is -2.63. The zero-order valence-corrected chi connectivity index (χ0v) is 13.1. The number of rotatable bonds is 5. The van der Waals surface area contributed by atoms with Crippen molar-refractivity contribution in [2.75, 3.05) is 13.1 Å². The highest BCUT2D eigenvalue weighted by molar-refractivity contribution is 5.08. The molecule has 2 atom stereocenters. The van der Waals surface area contributed by atoms with Gasteiger partial charge in [-0.25, -0.2) is 0 Å². The summed E-state index contributed by atoms with van der Waals surface area (Å²) in [4.78, 5) is 2.70. The summed E-state index contributed by atoms with van der Waals surface area (Å²) in [6.07, 6.45) is 7.38. The van der Waals surface area contributed by atoms with Gasteiger partial charge in [0.2, 0.25) is 0 Å². The van der Waals surface area contributed by atoms with Crippen LogP contribution in [0.2, 0.25) is 0 Å². The van der Waals surface area contributed by atoms with Crippen LogP contribution in [0.4, 0.5) is 0 Å². The van der Waals surface area contributed by atoms with Crippen molar-refractivity contribution in [2.45, 2.75) is 57.7 Å². The van der Waals surface area contributed by atoms with E-state index in [1.54, 1.807) is 0 Å². The van der Waals surface area contributed by atoms with Gasteiger partial charge < -0.3 is 5.32 Å². The summed E-state index contributed by atoms with van der Waals surface area (Å²) in [6, 6.07) is 2.81. The molecule has 112 valence electrons. The van der Waals surface area contributed by atoms with Crippen LogP contribution < -0.4 is 5.32 Å². The van der Waals surface area contributed by atoms with E-state index < -0.39 is 0 Å². The molecule has 0 aromatic carbocycles. The predicted octanol–water partition coefficient (Wildman–Crippen LogP) is 2.16. The van der Waals surface area contributed by atoms with Crippen molar-refractivity contribution in [2.24, 2.45) is 13.0 Å². The van der Waals surface area contributed by atoms with Crippen LogP contribution in [0.5, 0.6) is 0 Å². The molecule has 1 saturated carbocycles. The van der Waals surface area contributed by atoms with Gasteiger partial charge in [-0.05, 0) is 38.2 Å². The van der Waals surface area contributed by atoms with Crippen LogP contribution in [0.25, 0.3) is 0 Å². The van der Waals surface area contributed by atoms with Crippen molar-refractivity contribution in [3.8, 4) is 0 Å². The summed E-state index contributed by atoms with van der Waals surface area (Å²) < 4.78 is 1.91. The minimum atomic E-state index is 0.321. The lowest BCUT2D eigenvalue weighted by Gasteiger charge is -2.48. The topological polar surface area (TPSA) is 33.1 Å². The van der Waals surface area contributed by atoms with E-state index in [9.17, 15) is 0 Å². The van der Waals surface area contributed by atoms with Gasteiger partial charge in [0.05, 0.1) is 5.69 Å². The second-order valence-corrected chi connectivity index (χ2v) is 6.86. The quantitative estimate of drug-likeness (QED) is 0.894. The van der Waals surface area contributed by atoms with Crippen LogP contribution in [0.1, 0.15) is 45.2 Å². The number of hydrogen-bond donors (Lipinski definition) is 1. The van der Waals surface area contributed by atoms with Gasteiger partial charge in [0.1, 0.15) is 0 Å². The van der Waals surface area contributed by atoms with Crippen LogP contribution >= 0.6 is 0 Å². The van der Waals surface area contributed by atoms with Crippen molar-refractivity contribution in [1.29, 1.82) is 0 Å². The molecule has 1 saturated heterocycles. The number of nitrogens with one attached hydrogen (secondary N) is 1. The van der Waals surface area contributed by atoms with E-state index in [1.807, 2.05) is 11.7 Å². The molecule has 20 heavy (non-hydrogen) atoms. The molecule has 0 radical (unpaired) electrons. The SMILES string of the molecule is CCCC1CN(Cc2ccn(C)n2)C(C)(C2CC2)CN1. The molecular formula is C16H28N4. The number of nitrogens with zero attached hydrogens (tertiary/aromatic N) is 3. The van der Waals surface area contributed by atoms with E-state index in [2.05, 4.69) is 41.4 Å². The fraction of sp³-hybridized carbons (Fsp3) is 0.812. The minimum absolute atomic E-state index is 0.321. The largest absolute Gasteiger partial charge is 0.311 e. The molecule has 3 rings (SSSR count). The van der Waals surface area contributed by atoms with Crippen LogP contribution in [0.15, 0.2) is 12.3 Å². The first-order valence-corrected chi connectivity index (χ1v) is 8.09. The fourth-order valence-electron chi connectivity index (χ4n) is 3.64. The summed E-state index contributed by atoms with van der Waals surface area (Å²) in [5.41, 5.74) is 1.53. The predicted molar refractivity (Wildman–Crippen MR) is 81.4 cm³/mol. The molecule has 0 amide bonds. The second-order valence-electron chi connectivity index (χ2n) is 6.86. The summed E-state index contributed by atoms with van der Waals surface area (Å²) in [5.74, 6) is 0.876. The molecule has 1 aromatic rings. The van der Waals surface area contributed by atoms with Crippen LogP contribution in [0, 0.1) is 5.92 Å². The van der Waals surface area contributed by atoms with Crippen LogP contribution in [-0.4, -0.2) is 39.4 Å². The first-order chi connectivity index (χ1) is 9.61. The third kappa shape index (κ3) is 2.77. The Morgan fingerprint density at radius 2 is 2.25 bits per heavy atom. The van der Waals surface area contributed by atoms with E-state index in [4.69, 9.17) is 0 Å². The van der Waals surface area contributed by atoms with E-state index in [-0.39, 0.29) is 0 Å². The molecule has 2 aliphatic rings. The first kappa shape index (κ1) is 14.1. The fourth-order valence-corrected chi connectivity index (χ4v) is 3.64. The van der Waals surface area contributed by atoms with E-state index in [0.29, 0.717) is 11.6 Å². The summed E-state index contributed by atoms with van der Waals surface area (Å²) in [5, 5.41) is 8.36. The summed E-state index contributed by atoms with van der Waals surface area (Å²) >= 11 is 0. The van der Waals surface area contributed by atoms with Crippen molar-refractivity contribution in [1.82, 2.24) is 20.0 Å². The summed E-state index contributed by atoms with van der Waals surface area (Å²) in [7, 11) is 2.00. The van der Waals surface area contributed by atoms with Gasteiger partial charge in [0, 0.05) is 44.5 Å². The molecule has 4 nitrogen and oxygen atoms in total. The molecule has 1 N–H and O–H groups in total. The molecular weight excluding hydrogens is 248 g/mol.